The second-order valence-electron chi connectivity index (χ2n) is 8.98. The third-order valence-electron chi connectivity index (χ3n) is 5.89. The van der Waals surface area contributed by atoms with Crippen LogP contribution in [0, 0.1) is 34.6 Å². The molecule has 2 heterocycles. The molecule has 0 saturated carbocycles. The molecule has 3 N–H and O–H groups in total. The van der Waals surface area contributed by atoms with Crippen LogP contribution in [-0.2, 0) is 10.0 Å². The Kier molecular flexibility index (Phi) is 7.00. The highest BCUT2D eigenvalue weighted by Crippen LogP contribution is 2.34. The van der Waals surface area contributed by atoms with E-state index in [-0.39, 0.29) is 23.7 Å². The zero-order valence-electron chi connectivity index (χ0n) is 21.3. The number of ether oxygens (including phenoxy) is 1. The molecule has 9 heteroatoms. The van der Waals surface area contributed by atoms with Crippen molar-refractivity contribution in [3.8, 4) is 22.9 Å². The average molecular weight is 519 g/mol. The Labute approximate surface area is 218 Å². The summed E-state index contributed by atoms with van der Waals surface area (Å²) >= 11 is 0. The third-order valence-corrected chi connectivity index (χ3v) is 7.13. The molecule has 0 aliphatic heterocycles. The number of sulfonamides is 1. The molecule has 0 fully saturated rings. The number of nitrogens with one attached hydrogen (secondary N) is 1. The van der Waals surface area contributed by atoms with Crippen molar-refractivity contribution in [2.24, 2.45) is 0 Å². The van der Waals surface area contributed by atoms with Gasteiger partial charge in [-0.1, -0.05) is 42.0 Å². The maximum atomic E-state index is 13.3. The molecule has 4 aromatic rings. The number of carbonyl (C=O) groups is 1. The first-order chi connectivity index (χ1) is 17.5. The topological polar surface area (TPSA) is 124 Å². The fraction of sp³-hybridized carbons (Fsp3) is 0.179. The van der Waals surface area contributed by atoms with Gasteiger partial charge in [0.1, 0.15) is 17.1 Å². The molecule has 192 valence electrons. The molecule has 1 amide bonds. The van der Waals surface area contributed by atoms with Gasteiger partial charge in [0.15, 0.2) is 5.03 Å². The van der Waals surface area contributed by atoms with Gasteiger partial charge in [0.2, 0.25) is 5.88 Å². The van der Waals surface area contributed by atoms with Crippen molar-refractivity contribution >= 4 is 21.7 Å². The van der Waals surface area contributed by atoms with Gasteiger partial charge < -0.3 is 10.5 Å². The number of aromatic nitrogens is 2. The second kappa shape index (κ2) is 10.0. The zero-order chi connectivity index (χ0) is 26.9. The van der Waals surface area contributed by atoms with Crippen LogP contribution in [0.2, 0.25) is 0 Å². The Morgan fingerprint density at radius 3 is 2.11 bits per heavy atom. The first-order valence-electron chi connectivity index (χ1n) is 11.6. The first-order valence-corrected chi connectivity index (χ1v) is 13.1. The molecule has 8 nitrogen and oxygen atoms in total. The van der Waals surface area contributed by atoms with E-state index < -0.39 is 15.9 Å². The largest absolute Gasteiger partial charge is 0.438 e. The molecular weight excluding hydrogens is 488 g/mol. The summed E-state index contributed by atoms with van der Waals surface area (Å²) in [5, 5.41) is -0.367. The molecule has 0 unspecified atom stereocenters. The Morgan fingerprint density at radius 1 is 0.865 bits per heavy atom. The molecular formula is C28H30N4O4S. The highest BCUT2D eigenvalue weighted by atomic mass is 32.2. The van der Waals surface area contributed by atoms with Gasteiger partial charge in [-0.15, -0.1) is 0 Å². The lowest BCUT2D eigenvalue weighted by atomic mass is 9.99. The van der Waals surface area contributed by atoms with Crippen molar-refractivity contribution in [2.45, 2.75) is 39.6 Å². The quantitative estimate of drug-likeness (QED) is 0.349. The standard InChI is InChI=1S/C28H28N4O4S.H2/c1-16-14-19(4)26(20(5)15-16)36-28-21(12-13-22(30-28)25-17(2)8-6-9-18(25)3)27(33)32-37(34,35)24-11-7-10-23(29)31-24;/h6-15H,1-5H3,(H2,29,31)(H,32,33);1H. The molecule has 2 aromatic heterocycles. The molecule has 0 spiro atoms. The second-order valence-corrected chi connectivity index (χ2v) is 10.6. The summed E-state index contributed by atoms with van der Waals surface area (Å²) in [6.07, 6.45) is 0. The van der Waals surface area contributed by atoms with Gasteiger partial charge in [0.05, 0.1) is 5.69 Å². The van der Waals surface area contributed by atoms with Crippen LogP contribution in [0.1, 0.15) is 39.6 Å². The number of pyridine rings is 2. The minimum Gasteiger partial charge on any atom is -0.438 e. The van der Waals surface area contributed by atoms with Crippen molar-refractivity contribution in [1.29, 1.82) is 0 Å². The van der Waals surface area contributed by atoms with E-state index in [1.807, 2.05) is 65.0 Å². The predicted octanol–water partition coefficient (Wildman–Crippen LogP) is 5.42. The van der Waals surface area contributed by atoms with E-state index in [9.17, 15) is 13.2 Å². The van der Waals surface area contributed by atoms with E-state index in [4.69, 9.17) is 10.5 Å². The fourth-order valence-electron chi connectivity index (χ4n) is 4.28. The van der Waals surface area contributed by atoms with Gasteiger partial charge in [0, 0.05) is 6.99 Å². The summed E-state index contributed by atoms with van der Waals surface area (Å²) in [5.41, 5.74) is 11.9. The van der Waals surface area contributed by atoms with E-state index in [1.165, 1.54) is 24.3 Å². The maximum Gasteiger partial charge on any atom is 0.281 e. The Balaban J connectivity index is 0.00000400. The van der Waals surface area contributed by atoms with Crippen molar-refractivity contribution in [1.82, 2.24) is 14.7 Å². The number of rotatable bonds is 6. The summed E-state index contributed by atoms with van der Waals surface area (Å²) in [4.78, 5) is 21.8. The van der Waals surface area contributed by atoms with E-state index in [0.29, 0.717) is 11.4 Å². The lowest BCUT2D eigenvalue weighted by molar-refractivity contribution is 0.0978. The third kappa shape index (κ3) is 5.46. The van der Waals surface area contributed by atoms with Crippen LogP contribution in [0.15, 0.2) is 65.7 Å². The maximum absolute atomic E-state index is 13.3. The summed E-state index contributed by atoms with van der Waals surface area (Å²) in [6.45, 7) is 9.74. The SMILES string of the molecule is Cc1cc(C)c(Oc2nc(-c3c(C)cccc3C)ccc2C(=O)NS(=O)(=O)c2cccc(N)n2)c(C)c1.[HH]. The molecule has 0 atom stereocenters. The van der Waals surface area contributed by atoms with Crippen molar-refractivity contribution in [3.05, 3.63) is 94.0 Å². The molecule has 37 heavy (non-hydrogen) atoms. The molecule has 4 rings (SSSR count). The monoisotopic (exact) mass is 518 g/mol. The van der Waals surface area contributed by atoms with Crippen LogP contribution in [0.3, 0.4) is 0 Å². The Morgan fingerprint density at radius 2 is 1.49 bits per heavy atom. The number of benzene rings is 2. The molecule has 0 saturated heterocycles. The molecule has 0 bridgehead atoms. The number of anilines is 1. The Hall–Kier alpha value is -4.24. The molecule has 0 radical (unpaired) electrons. The van der Waals surface area contributed by atoms with E-state index in [0.717, 1.165) is 33.4 Å². The van der Waals surface area contributed by atoms with E-state index in [1.54, 1.807) is 6.07 Å². The number of hydrogen-bond donors (Lipinski definition) is 2. The number of carbonyl (C=O) groups excluding carboxylic acids is 1. The van der Waals surface area contributed by atoms with Crippen LogP contribution in [0.5, 0.6) is 11.6 Å². The first kappa shape index (κ1) is 25.8. The van der Waals surface area contributed by atoms with Gasteiger partial charge in [-0.2, -0.15) is 8.42 Å². The lowest BCUT2D eigenvalue weighted by Gasteiger charge is -2.17. The summed E-state index contributed by atoms with van der Waals surface area (Å²) in [6, 6.07) is 17.2. The van der Waals surface area contributed by atoms with Crippen LogP contribution in [0.4, 0.5) is 5.82 Å². The predicted molar refractivity (Wildman–Crippen MR) is 145 cm³/mol. The van der Waals surface area contributed by atoms with E-state index >= 15 is 0 Å². The number of aryl methyl sites for hydroxylation is 5. The Bertz CT molecular complexity index is 1590. The van der Waals surface area contributed by atoms with Gasteiger partial charge >= 0.3 is 0 Å². The highest BCUT2D eigenvalue weighted by molar-refractivity contribution is 7.90. The van der Waals surface area contributed by atoms with Crippen LogP contribution < -0.4 is 15.2 Å². The number of hydrogen-bond acceptors (Lipinski definition) is 7. The smallest absolute Gasteiger partial charge is 0.281 e. The lowest BCUT2D eigenvalue weighted by Crippen LogP contribution is -2.31. The fourth-order valence-corrected chi connectivity index (χ4v) is 5.22. The average Bonchev–Trinajstić information content (AvgIpc) is 2.81. The minimum atomic E-state index is -4.29. The highest BCUT2D eigenvalue weighted by Gasteiger charge is 2.25. The number of nitrogens with two attached hydrogens (primary N) is 1. The summed E-state index contributed by atoms with van der Waals surface area (Å²) in [7, 11) is -4.29. The van der Waals surface area contributed by atoms with Gasteiger partial charge in [-0.05, 0) is 81.1 Å². The van der Waals surface area contributed by atoms with Gasteiger partial charge in [-0.25, -0.2) is 14.7 Å². The summed E-state index contributed by atoms with van der Waals surface area (Å²) in [5.74, 6) is -0.346. The van der Waals surface area contributed by atoms with Crippen molar-refractivity contribution < 1.29 is 19.4 Å². The van der Waals surface area contributed by atoms with E-state index in [2.05, 4.69) is 14.7 Å². The van der Waals surface area contributed by atoms with Gasteiger partial charge in [0.25, 0.3) is 15.9 Å². The molecule has 0 aliphatic carbocycles. The molecule has 0 aliphatic rings. The summed E-state index contributed by atoms with van der Waals surface area (Å²) < 4.78 is 34.0. The number of nitrogens with zero attached hydrogens (tertiary/aromatic N) is 2. The molecule has 2 aromatic carbocycles. The number of nitrogen functional groups attached to an aromatic ring is 1. The van der Waals surface area contributed by atoms with Crippen LogP contribution in [0.25, 0.3) is 11.3 Å². The zero-order valence-corrected chi connectivity index (χ0v) is 22.1. The van der Waals surface area contributed by atoms with Crippen LogP contribution >= 0.6 is 0 Å². The van der Waals surface area contributed by atoms with Gasteiger partial charge in [-0.3, -0.25) is 4.79 Å². The van der Waals surface area contributed by atoms with Crippen molar-refractivity contribution in [2.75, 3.05) is 5.73 Å². The van der Waals surface area contributed by atoms with Crippen LogP contribution in [-0.4, -0.2) is 24.3 Å². The minimum absolute atomic E-state index is 0. The normalized spacial score (nSPS) is 11.3. The van der Waals surface area contributed by atoms with Crippen molar-refractivity contribution in [3.63, 3.8) is 0 Å². The number of amides is 1.